The van der Waals surface area contributed by atoms with Gasteiger partial charge in [0.05, 0.1) is 13.2 Å². The van der Waals surface area contributed by atoms with Gasteiger partial charge in [0.15, 0.2) is 6.29 Å². The fraction of sp³-hybridized carbons (Fsp3) is 0.750. The highest BCUT2D eigenvalue weighted by atomic mass is 16.8. The summed E-state index contributed by atoms with van der Waals surface area (Å²) in [5, 5.41) is 76.7. The molecule has 3 rings (SSSR count). The normalized spacial score (nSPS) is 37.2. The van der Waals surface area contributed by atoms with Crippen LogP contribution in [-0.4, -0.2) is 137 Å². The van der Waals surface area contributed by atoms with Gasteiger partial charge in [0.2, 0.25) is 23.6 Å². The van der Waals surface area contributed by atoms with E-state index in [1.165, 1.54) is 0 Å². The molecule has 0 spiro atoms. The third-order valence-electron chi connectivity index (χ3n) is 4.76. The molecule has 0 aliphatic carbocycles. The third kappa shape index (κ3) is 6.61. The van der Waals surface area contributed by atoms with Crippen molar-refractivity contribution in [2.45, 2.75) is 54.8 Å². The minimum Gasteiger partial charge on any atom is -0.394 e. The van der Waals surface area contributed by atoms with Crippen LogP contribution in [0.25, 0.3) is 0 Å². The van der Waals surface area contributed by atoms with E-state index in [0.717, 1.165) is 0 Å². The highest BCUT2D eigenvalue weighted by molar-refractivity contribution is 5.33. The third-order valence-corrected chi connectivity index (χ3v) is 4.76. The second-order valence-electron chi connectivity index (χ2n) is 6.97. The lowest BCUT2D eigenvalue weighted by molar-refractivity contribution is -0.383. The number of anilines is 3. The van der Waals surface area contributed by atoms with Crippen molar-refractivity contribution in [3.05, 3.63) is 0 Å². The highest BCUT2D eigenvalue weighted by Crippen LogP contribution is 2.35. The van der Waals surface area contributed by atoms with Crippen LogP contribution in [0, 0.1) is 0 Å². The van der Waals surface area contributed by atoms with Gasteiger partial charge in [-0.1, -0.05) is 0 Å². The number of nitrogens with two attached hydrogens (primary N) is 3. The molecule has 34 heavy (non-hydrogen) atoms. The summed E-state index contributed by atoms with van der Waals surface area (Å²) in [6.07, 6.45) is -12.7. The molecule has 2 saturated heterocycles. The van der Waals surface area contributed by atoms with Crippen molar-refractivity contribution in [1.82, 2.24) is 15.0 Å². The molecule has 2 aliphatic rings. The Morgan fingerprint density at radius 1 is 0.794 bits per heavy atom. The summed E-state index contributed by atoms with van der Waals surface area (Å²) in [4.78, 5) is 18.5. The molecule has 9 atom stereocenters. The van der Waals surface area contributed by atoms with E-state index in [-0.39, 0.29) is 17.8 Å². The predicted molar refractivity (Wildman–Crippen MR) is 109 cm³/mol. The molecule has 0 saturated carbocycles. The summed E-state index contributed by atoms with van der Waals surface area (Å²) in [5.74, 6) is -2.10. The van der Waals surface area contributed by atoms with E-state index >= 15 is 0 Å². The van der Waals surface area contributed by atoms with Crippen molar-refractivity contribution in [3.63, 3.8) is 0 Å². The van der Waals surface area contributed by atoms with Gasteiger partial charge in [-0.2, -0.15) is 15.0 Å². The van der Waals surface area contributed by atoms with E-state index in [2.05, 4.69) is 15.0 Å². The maximum absolute atomic E-state index is 10.00. The Balaban J connectivity index is 0.000000437. The molecule has 2 fully saturated rings. The number of rotatable bonds is 5. The number of carbonyl (C=O) groups excluding carboxylic acids is 1. The number of carbonyl (C=O) groups is 1. The second-order valence-corrected chi connectivity index (χ2v) is 6.97. The zero-order valence-corrected chi connectivity index (χ0v) is 17.7. The molecule has 18 nitrogen and oxygen atoms in total. The highest BCUT2D eigenvalue weighted by Gasteiger charge is 2.58. The lowest BCUT2D eigenvalue weighted by Gasteiger charge is -2.43. The first-order valence-electron chi connectivity index (χ1n) is 9.55. The Hall–Kier alpha value is -2.36. The number of aromatic nitrogens is 3. The molecular weight excluding hydrogens is 468 g/mol. The van der Waals surface area contributed by atoms with Gasteiger partial charge in [0.25, 0.3) is 0 Å². The average Bonchev–Trinajstić information content (AvgIpc) is 3.05. The second kappa shape index (κ2) is 12.9. The Morgan fingerprint density at radius 3 is 1.65 bits per heavy atom. The monoisotopic (exact) mass is 498 g/mol. The lowest BCUT2D eigenvalue weighted by atomic mass is 9.99. The van der Waals surface area contributed by atoms with Crippen LogP contribution in [0.3, 0.4) is 0 Å². The van der Waals surface area contributed by atoms with Gasteiger partial charge in [0.1, 0.15) is 56.1 Å². The molecule has 0 amide bonds. The number of ether oxygens (including phenoxy) is 3. The van der Waals surface area contributed by atoms with Crippen molar-refractivity contribution in [2.24, 2.45) is 0 Å². The van der Waals surface area contributed by atoms with Crippen LogP contribution >= 0.6 is 0 Å². The number of aliphatic hydroxyl groups is 8. The molecule has 0 unspecified atom stereocenters. The van der Waals surface area contributed by atoms with Gasteiger partial charge in [-0.3, -0.25) is 0 Å². The maximum atomic E-state index is 10.00. The van der Waals surface area contributed by atoms with Crippen molar-refractivity contribution in [1.29, 1.82) is 0 Å². The largest absolute Gasteiger partial charge is 0.394 e. The van der Waals surface area contributed by atoms with E-state index in [4.69, 9.17) is 46.4 Å². The SMILES string of the molecule is C=O.Nc1nc(N)nc(N)n1.OC[C@H]1O[C@](CO)(O[C@H]2O[C@H](CO)[C@@H](O)[C@H](O)[C@H]2O)[C@@H](O)[C@@H]1O. The van der Waals surface area contributed by atoms with E-state index in [1.807, 2.05) is 6.79 Å². The molecule has 14 N–H and O–H groups in total. The average molecular weight is 498 g/mol. The van der Waals surface area contributed by atoms with Gasteiger partial charge in [0, 0.05) is 0 Å². The van der Waals surface area contributed by atoms with Crippen LogP contribution in [-0.2, 0) is 19.0 Å². The van der Waals surface area contributed by atoms with E-state index in [9.17, 15) is 30.6 Å². The smallest absolute Gasteiger partial charge is 0.226 e. The molecule has 0 bridgehead atoms. The molecule has 196 valence electrons. The van der Waals surface area contributed by atoms with Crippen molar-refractivity contribution in [2.75, 3.05) is 37.0 Å². The number of aliphatic hydroxyl groups excluding tert-OH is 8. The van der Waals surface area contributed by atoms with Crippen molar-refractivity contribution >= 4 is 24.6 Å². The zero-order chi connectivity index (χ0) is 26.2. The minimum absolute atomic E-state index is 0.0417. The Labute approximate surface area is 192 Å². The Morgan fingerprint density at radius 2 is 1.26 bits per heavy atom. The van der Waals surface area contributed by atoms with Gasteiger partial charge in [-0.05, 0) is 0 Å². The molecule has 0 radical (unpaired) electrons. The van der Waals surface area contributed by atoms with Gasteiger partial charge in [-0.15, -0.1) is 0 Å². The van der Waals surface area contributed by atoms with Gasteiger partial charge in [-0.25, -0.2) is 0 Å². The Bertz CT molecular complexity index is 715. The minimum atomic E-state index is -2.22. The molecule has 2 aliphatic heterocycles. The number of hydrogen-bond acceptors (Lipinski definition) is 18. The summed E-state index contributed by atoms with van der Waals surface area (Å²) >= 11 is 0. The lowest BCUT2D eigenvalue weighted by Crippen LogP contribution is -2.62. The Kier molecular flexibility index (Phi) is 11.3. The van der Waals surface area contributed by atoms with Gasteiger partial charge >= 0.3 is 0 Å². The summed E-state index contributed by atoms with van der Waals surface area (Å²) in [7, 11) is 0. The van der Waals surface area contributed by atoms with Crippen LogP contribution < -0.4 is 17.2 Å². The van der Waals surface area contributed by atoms with Crippen LogP contribution in [0.4, 0.5) is 17.8 Å². The van der Waals surface area contributed by atoms with E-state index in [1.54, 1.807) is 0 Å². The first kappa shape index (κ1) is 29.7. The summed E-state index contributed by atoms with van der Waals surface area (Å²) in [5.41, 5.74) is 15.4. The molecule has 1 aromatic heterocycles. The first-order valence-corrected chi connectivity index (χ1v) is 9.55. The van der Waals surface area contributed by atoms with Gasteiger partial charge < -0.3 is 77.1 Å². The fourth-order valence-corrected chi connectivity index (χ4v) is 3.06. The molecule has 18 heteroatoms. The van der Waals surface area contributed by atoms with E-state index in [0.29, 0.717) is 0 Å². The topological polar surface area (TPSA) is 323 Å². The number of nitrogen functional groups attached to an aromatic ring is 3. The molecule has 3 heterocycles. The molecular formula is C16H30N6O12. The standard InChI is InChI=1S/C12H22O11.C3H6N6.CH2O/c13-1-4-6(16)8(18)9(19)11(21-4)23-12(3-15)10(20)7(17)5(2-14)22-12;4-1-7-2(5)9-3(6)8-1;1-2/h4-11,13-20H,1-3H2;(H6,4,5,6,7,8,9);1H2/t4-,5-,6-,7-,8+,9-,10+,11-,12-;;/m1../s1. The van der Waals surface area contributed by atoms with Crippen molar-refractivity contribution < 1.29 is 59.9 Å². The summed E-state index contributed by atoms with van der Waals surface area (Å²) < 4.78 is 15.4. The maximum Gasteiger partial charge on any atom is 0.226 e. The summed E-state index contributed by atoms with van der Waals surface area (Å²) in [6.45, 7) is -0.322. The molecule has 1 aromatic rings. The number of hydrogen-bond donors (Lipinski definition) is 11. The molecule has 0 aromatic carbocycles. The van der Waals surface area contributed by atoms with Crippen LogP contribution in [0.2, 0.25) is 0 Å². The fourth-order valence-electron chi connectivity index (χ4n) is 3.06. The quantitative estimate of drug-likeness (QED) is 0.179. The summed E-state index contributed by atoms with van der Waals surface area (Å²) in [6, 6.07) is 0. The van der Waals surface area contributed by atoms with Crippen LogP contribution in [0.1, 0.15) is 0 Å². The zero-order valence-electron chi connectivity index (χ0n) is 17.7. The van der Waals surface area contributed by atoms with Crippen molar-refractivity contribution in [3.8, 4) is 0 Å². The first-order chi connectivity index (χ1) is 16.0. The van der Waals surface area contributed by atoms with Crippen LogP contribution in [0.5, 0.6) is 0 Å². The number of nitrogens with zero attached hydrogens (tertiary/aromatic N) is 3. The van der Waals surface area contributed by atoms with Crippen LogP contribution in [0.15, 0.2) is 0 Å². The van der Waals surface area contributed by atoms with E-state index < -0.39 is 74.6 Å². The predicted octanol–water partition coefficient (Wildman–Crippen LogP) is -6.96.